The number of nitrogens with zero attached hydrogens (tertiary/aromatic N) is 3. The maximum absolute atomic E-state index is 13.4. The topological polar surface area (TPSA) is 97.7 Å². The van der Waals surface area contributed by atoms with Crippen molar-refractivity contribution in [2.75, 3.05) is 31.2 Å². The lowest BCUT2D eigenvalue weighted by atomic mass is 9.98. The summed E-state index contributed by atoms with van der Waals surface area (Å²) >= 11 is 0. The number of esters is 1. The average Bonchev–Trinajstić information content (AvgIpc) is 3.30. The summed E-state index contributed by atoms with van der Waals surface area (Å²) in [6, 6.07) is 12.5. The van der Waals surface area contributed by atoms with E-state index in [-0.39, 0.29) is 5.71 Å². The van der Waals surface area contributed by atoms with Crippen molar-refractivity contribution in [3.8, 4) is 11.5 Å². The average molecular weight is 409 g/mol. The first-order valence-corrected chi connectivity index (χ1v) is 9.12. The zero-order chi connectivity index (χ0) is 21.4. The summed E-state index contributed by atoms with van der Waals surface area (Å²) in [5.74, 6) is -1.92. The number of benzene rings is 2. The van der Waals surface area contributed by atoms with Gasteiger partial charge in [-0.2, -0.15) is 5.10 Å². The first-order chi connectivity index (χ1) is 14.5. The monoisotopic (exact) mass is 409 g/mol. The smallest absolute Gasteiger partial charge is 0.355 e. The Bertz CT molecular complexity index is 1050. The molecular weight excluding hydrogens is 390 g/mol. The fourth-order valence-corrected chi connectivity index (χ4v) is 3.69. The molecular formula is C21H19N3O6. The van der Waals surface area contributed by atoms with Crippen molar-refractivity contribution in [1.29, 1.82) is 0 Å². The highest BCUT2D eigenvalue weighted by Gasteiger charge is 2.59. The number of hydrogen-bond donors (Lipinski definition) is 0. The normalized spacial score (nSPS) is 20.2. The van der Waals surface area contributed by atoms with Gasteiger partial charge in [-0.25, -0.2) is 9.69 Å². The van der Waals surface area contributed by atoms with Gasteiger partial charge in [0.1, 0.15) is 23.5 Å². The second-order valence-corrected chi connectivity index (χ2v) is 6.63. The number of carbonyl (C=O) groups excluding carboxylic acids is 3. The van der Waals surface area contributed by atoms with Crippen LogP contribution in [0.2, 0.25) is 0 Å². The summed E-state index contributed by atoms with van der Waals surface area (Å²) in [6.45, 7) is 0. The predicted molar refractivity (Wildman–Crippen MR) is 108 cm³/mol. The Balaban J connectivity index is 1.80. The number of anilines is 2. The molecule has 2 atom stereocenters. The number of amides is 2. The van der Waals surface area contributed by atoms with Gasteiger partial charge in [-0.3, -0.25) is 14.6 Å². The van der Waals surface area contributed by atoms with Crippen LogP contribution in [-0.4, -0.2) is 50.9 Å². The highest BCUT2D eigenvalue weighted by atomic mass is 16.5. The van der Waals surface area contributed by atoms with Crippen LogP contribution < -0.4 is 19.4 Å². The zero-order valence-corrected chi connectivity index (χ0v) is 16.6. The molecule has 2 aromatic carbocycles. The third kappa shape index (κ3) is 2.86. The number of rotatable bonds is 5. The molecule has 0 radical (unpaired) electrons. The Kier molecular flexibility index (Phi) is 4.86. The molecule has 4 rings (SSSR count). The molecule has 2 heterocycles. The lowest BCUT2D eigenvalue weighted by Crippen LogP contribution is -2.39. The second-order valence-electron chi connectivity index (χ2n) is 6.63. The fourth-order valence-electron chi connectivity index (χ4n) is 3.69. The van der Waals surface area contributed by atoms with Crippen LogP contribution in [-0.2, 0) is 19.1 Å². The van der Waals surface area contributed by atoms with Gasteiger partial charge in [0.05, 0.1) is 32.7 Å². The van der Waals surface area contributed by atoms with Crippen LogP contribution in [0, 0.1) is 5.92 Å². The molecule has 0 aromatic heterocycles. The van der Waals surface area contributed by atoms with E-state index in [0.29, 0.717) is 22.9 Å². The molecule has 30 heavy (non-hydrogen) atoms. The summed E-state index contributed by atoms with van der Waals surface area (Å²) in [5, 5.41) is 5.66. The minimum atomic E-state index is -1.09. The third-order valence-corrected chi connectivity index (χ3v) is 5.11. The molecule has 0 spiro atoms. The number of carbonyl (C=O) groups is 3. The maximum atomic E-state index is 13.4. The molecule has 2 amide bonds. The highest BCUT2D eigenvalue weighted by Crippen LogP contribution is 2.40. The van der Waals surface area contributed by atoms with Crippen molar-refractivity contribution in [2.24, 2.45) is 11.0 Å². The van der Waals surface area contributed by atoms with Crippen LogP contribution in [0.1, 0.15) is 0 Å². The number of hydrazone groups is 1. The van der Waals surface area contributed by atoms with Gasteiger partial charge < -0.3 is 14.2 Å². The van der Waals surface area contributed by atoms with Crippen molar-refractivity contribution in [3.63, 3.8) is 0 Å². The Hall–Kier alpha value is -3.88. The number of para-hydroxylation sites is 2. The van der Waals surface area contributed by atoms with Crippen LogP contribution in [0.5, 0.6) is 11.5 Å². The Morgan fingerprint density at radius 1 is 0.933 bits per heavy atom. The lowest BCUT2D eigenvalue weighted by Gasteiger charge is -2.23. The Morgan fingerprint density at radius 2 is 1.63 bits per heavy atom. The van der Waals surface area contributed by atoms with E-state index < -0.39 is 29.7 Å². The third-order valence-electron chi connectivity index (χ3n) is 5.11. The van der Waals surface area contributed by atoms with Gasteiger partial charge >= 0.3 is 5.97 Å². The van der Waals surface area contributed by atoms with Crippen molar-refractivity contribution in [1.82, 2.24) is 0 Å². The van der Waals surface area contributed by atoms with Gasteiger partial charge in [0, 0.05) is 0 Å². The number of ether oxygens (including phenoxy) is 3. The van der Waals surface area contributed by atoms with E-state index in [1.54, 1.807) is 55.6 Å². The maximum Gasteiger partial charge on any atom is 0.355 e. The molecule has 154 valence electrons. The zero-order valence-electron chi connectivity index (χ0n) is 16.6. The van der Waals surface area contributed by atoms with Crippen molar-refractivity contribution < 1.29 is 28.6 Å². The molecule has 2 aromatic rings. The van der Waals surface area contributed by atoms with Crippen LogP contribution >= 0.6 is 0 Å². The number of fused-ring (bicyclic) bond motifs is 1. The predicted octanol–water partition coefficient (Wildman–Crippen LogP) is 1.61. The van der Waals surface area contributed by atoms with Crippen molar-refractivity contribution in [3.05, 3.63) is 48.5 Å². The molecule has 9 heteroatoms. The Morgan fingerprint density at radius 3 is 2.27 bits per heavy atom. The summed E-state index contributed by atoms with van der Waals surface area (Å²) in [5.41, 5.74) is 0.727. The minimum Gasteiger partial charge on any atom is -0.497 e. The first kappa shape index (κ1) is 19.4. The molecule has 2 aliphatic rings. The molecule has 0 unspecified atom stereocenters. The van der Waals surface area contributed by atoms with Gasteiger partial charge in [0.25, 0.3) is 5.91 Å². The molecule has 0 saturated carbocycles. The van der Waals surface area contributed by atoms with E-state index in [1.165, 1.54) is 19.2 Å². The largest absolute Gasteiger partial charge is 0.497 e. The van der Waals surface area contributed by atoms with Crippen LogP contribution in [0.25, 0.3) is 0 Å². The fraction of sp³-hybridized carbons (Fsp3) is 0.238. The Labute approximate surface area is 172 Å². The number of imide groups is 1. The van der Waals surface area contributed by atoms with Gasteiger partial charge in [0.15, 0.2) is 5.71 Å². The van der Waals surface area contributed by atoms with E-state index in [0.717, 1.165) is 4.90 Å². The van der Waals surface area contributed by atoms with E-state index in [2.05, 4.69) is 5.10 Å². The minimum absolute atomic E-state index is 0.117. The van der Waals surface area contributed by atoms with Gasteiger partial charge in [0.2, 0.25) is 5.91 Å². The van der Waals surface area contributed by atoms with E-state index in [4.69, 9.17) is 14.2 Å². The summed E-state index contributed by atoms with van der Waals surface area (Å²) in [6.07, 6.45) is 0. The van der Waals surface area contributed by atoms with Crippen molar-refractivity contribution in [2.45, 2.75) is 6.04 Å². The van der Waals surface area contributed by atoms with Crippen LogP contribution in [0.4, 0.5) is 11.4 Å². The number of methoxy groups -OCH3 is 3. The second kappa shape index (κ2) is 7.51. The quantitative estimate of drug-likeness (QED) is 0.547. The number of hydrogen-bond acceptors (Lipinski definition) is 8. The molecule has 1 saturated heterocycles. The van der Waals surface area contributed by atoms with E-state index in [1.807, 2.05) is 0 Å². The van der Waals surface area contributed by atoms with Crippen LogP contribution in [0.15, 0.2) is 53.6 Å². The SMILES string of the molecule is COC(=O)C1=NN(c2ccc(OC)cc2)[C@H]2C(=O)N(c3ccccc3OC)C(=O)[C@@H]12. The molecule has 1 fully saturated rings. The van der Waals surface area contributed by atoms with Gasteiger partial charge in [-0.05, 0) is 36.4 Å². The summed E-state index contributed by atoms with van der Waals surface area (Å²) in [7, 11) is 4.20. The van der Waals surface area contributed by atoms with Crippen molar-refractivity contribution >= 4 is 34.9 Å². The molecule has 0 bridgehead atoms. The lowest BCUT2D eigenvalue weighted by molar-refractivity contribution is -0.133. The van der Waals surface area contributed by atoms with Crippen LogP contribution in [0.3, 0.4) is 0 Å². The molecule has 0 aliphatic carbocycles. The summed E-state index contributed by atoms with van der Waals surface area (Å²) < 4.78 is 15.3. The first-order valence-electron chi connectivity index (χ1n) is 9.12. The standard InChI is InChI=1S/C21H19N3O6/c1-28-13-10-8-12(9-11-13)24-18-16(17(22-24)21(27)30-3)19(25)23(20(18)26)14-6-4-5-7-15(14)29-2/h4-11,16,18H,1-3H3/t16-,18+/m0/s1. The highest BCUT2D eigenvalue weighted by molar-refractivity contribution is 6.47. The molecule has 9 nitrogen and oxygen atoms in total. The molecule has 2 aliphatic heterocycles. The van der Waals surface area contributed by atoms with Gasteiger partial charge in [-0.15, -0.1) is 0 Å². The molecule has 0 N–H and O–H groups in total. The van der Waals surface area contributed by atoms with E-state index in [9.17, 15) is 14.4 Å². The summed E-state index contributed by atoms with van der Waals surface area (Å²) in [4.78, 5) is 40.1. The van der Waals surface area contributed by atoms with E-state index >= 15 is 0 Å². The van der Waals surface area contributed by atoms with Gasteiger partial charge in [-0.1, -0.05) is 12.1 Å².